The Kier molecular flexibility index (Phi) is 28.2. The van der Waals surface area contributed by atoms with E-state index in [1.807, 2.05) is 0 Å². The van der Waals surface area contributed by atoms with Crippen LogP contribution in [0.5, 0.6) is 0 Å². The van der Waals surface area contributed by atoms with Crippen molar-refractivity contribution in [2.24, 2.45) is 28.7 Å². The molecule has 12 nitrogen and oxygen atoms in total. The van der Waals surface area contributed by atoms with E-state index in [1.165, 1.54) is 0 Å². The first-order chi connectivity index (χ1) is 18.1. The van der Waals surface area contributed by atoms with E-state index in [0.717, 1.165) is 124 Å². The topological polar surface area (TPSA) is 179 Å². The van der Waals surface area contributed by atoms with Crippen LogP contribution in [-0.4, -0.2) is 170 Å². The predicted octanol–water partition coefficient (Wildman–Crippen LogP) is -3.83. The van der Waals surface area contributed by atoms with Gasteiger partial charge in [-0.2, -0.15) is 0 Å². The van der Waals surface area contributed by atoms with Crippen molar-refractivity contribution in [2.75, 3.05) is 151 Å². The van der Waals surface area contributed by atoms with Gasteiger partial charge in [0, 0.05) is 144 Å². The van der Waals surface area contributed by atoms with Gasteiger partial charge in [0.15, 0.2) is 0 Å². The molecule has 0 aliphatic carbocycles. The van der Waals surface area contributed by atoms with Crippen LogP contribution in [0.25, 0.3) is 0 Å². The summed E-state index contributed by atoms with van der Waals surface area (Å²) in [5.41, 5.74) is 28.7. The van der Waals surface area contributed by atoms with E-state index < -0.39 is 0 Å². The molecule has 0 aliphatic rings. The molecule has 0 amide bonds. The Balaban J connectivity index is 4.75. The highest BCUT2D eigenvalue weighted by molar-refractivity contribution is 4.70. The third kappa shape index (κ3) is 23.2. The van der Waals surface area contributed by atoms with Gasteiger partial charge in [0.1, 0.15) is 0 Å². The minimum absolute atomic E-state index is 0.671. The zero-order valence-corrected chi connectivity index (χ0v) is 24.1. The highest BCUT2D eigenvalue weighted by Gasteiger charge is 2.12. The molecule has 0 unspecified atom stereocenters. The second-order valence-corrected chi connectivity index (χ2v) is 9.56. The number of hydrogen-bond donors (Lipinski definition) is 8. The van der Waals surface area contributed by atoms with Gasteiger partial charge in [-0.25, -0.2) is 0 Å². The highest BCUT2D eigenvalue weighted by atomic mass is 15.2. The second kappa shape index (κ2) is 28.5. The van der Waals surface area contributed by atoms with Crippen LogP contribution in [0.15, 0.2) is 0 Å². The summed E-state index contributed by atoms with van der Waals surface area (Å²) in [4.78, 5) is 9.83. The molecule has 0 aromatic heterocycles. The molecule has 0 saturated carbocycles. The van der Waals surface area contributed by atoms with Crippen LogP contribution < -0.4 is 44.6 Å². The van der Waals surface area contributed by atoms with Gasteiger partial charge in [-0.15, -0.1) is 0 Å². The van der Waals surface area contributed by atoms with Gasteiger partial charge in [-0.3, -0.25) is 19.6 Å². The van der Waals surface area contributed by atoms with E-state index >= 15 is 0 Å². The normalized spacial score (nSPS) is 12.2. The van der Waals surface area contributed by atoms with Crippen molar-refractivity contribution in [1.82, 2.24) is 35.6 Å². The summed E-state index contributed by atoms with van der Waals surface area (Å²) in [6.07, 6.45) is 1.16. The molecule has 0 aromatic rings. The van der Waals surface area contributed by atoms with Crippen molar-refractivity contribution < 1.29 is 0 Å². The molecule has 0 heterocycles. The monoisotopic (exact) mass is 533 g/mol. The van der Waals surface area contributed by atoms with Crippen molar-refractivity contribution in [3.8, 4) is 0 Å². The maximum absolute atomic E-state index is 5.81. The van der Waals surface area contributed by atoms with Gasteiger partial charge in [0.05, 0.1) is 0 Å². The summed E-state index contributed by atoms with van der Waals surface area (Å²) in [7, 11) is 0. The number of nitrogens with zero attached hydrogens (tertiary/aromatic N) is 4. The first-order valence-corrected chi connectivity index (χ1v) is 14.7. The molecule has 0 spiro atoms. The Hall–Kier alpha value is -0.480. The minimum atomic E-state index is 0.671. The molecule has 0 saturated heterocycles. The zero-order valence-electron chi connectivity index (χ0n) is 24.1. The lowest BCUT2D eigenvalue weighted by Gasteiger charge is -2.30. The van der Waals surface area contributed by atoms with Gasteiger partial charge in [-0.05, 0) is 13.0 Å². The lowest BCUT2D eigenvalue weighted by molar-refractivity contribution is 0.178. The molecule has 0 atom stereocenters. The lowest BCUT2D eigenvalue weighted by atomic mass is 10.3. The van der Waals surface area contributed by atoms with E-state index in [2.05, 4.69) is 42.5 Å². The maximum atomic E-state index is 5.81. The fraction of sp³-hybridized carbons (Fsp3) is 1.00. The molecule has 12 heteroatoms. The van der Waals surface area contributed by atoms with Crippen LogP contribution in [-0.2, 0) is 0 Å². The third-order valence-electron chi connectivity index (χ3n) is 6.41. The summed E-state index contributed by atoms with van der Waals surface area (Å²) in [6, 6.07) is 0. The smallest absolute Gasteiger partial charge is 0.0110 e. The molecule has 37 heavy (non-hydrogen) atoms. The molecule has 224 valence electrons. The Labute approximate surface area is 228 Å². The average molecular weight is 533 g/mol. The summed E-state index contributed by atoms with van der Waals surface area (Å²) in [6.45, 7) is 23.2. The van der Waals surface area contributed by atoms with E-state index in [4.69, 9.17) is 28.7 Å². The zero-order chi connectivity index (χ0) is 27.4. The van der Waals surface area contributed by atoms with E-state index in [1.54, 1.807) is 0 Å². The first kappa shape index (κ1) is 36.5. The summed E-state index contributed by atoms with van der Waals surface area (Å²) in [5, 5.41) is 10.6. The SMILES string of the molecule is CCCNCCN(CCN(CCN)CCN)CCN(CCNCCN)CCNCCN(CCN)CCN. The van der Waals surface area contributed by atoms with Crippen LogP contribution in [0, 0.1) is 0 Å². The third-order valence-corrected chi connectivity index (χ3v) is 6.41. The quantitative estimate of drug-likeness (QED) is 0.0423. The van der Waals surface area contributed by atoms with Crippen molar-refractivity contribution in [2.45, 2.75) is 13.3 Å². The average Bonchev–Trinajstić information content (AvgIpc) is 2.89. The van der Waals surface area contributed by atoms with Crippen molar-refractivity contribution >= 4 is 0 Å². The Morgan fingerprint density at radius 1 is 0.351 bits per heavy atom. The molecule has 0 bridgehead atoms. The van der Waals surface area contributed by atoms with Crippen molar-refractivity contribution in [3.05, 3.63) is 0 Å². The van der Waals surface area contributed by atoms with Crippen LogP contribution in [0.1, 0.15) is 13.3 Å². The van der Waals surface area contributed by atoms with E-state index in [-0.39, 0.29) is 0 Å². The van der Waals surface area contributed by atoms with Crippen LogP contribution in [0.4, 0.5) is 0 Å². The van der Waals surface area contributed by atoms with E-state index in [9.17, 15) is 0 Å². The Morgan fingerprint density at radius 2 is 0.649 bits per heavy atom. The fourth-order valence-corrected chi connectivity index (χ4v) is 4.24. The fourth-order valence-electron chi connectivity index (χ4n) is 4.24. The maximum Gasteiger partial charge on any atom is 0.0110 e. The molecular weight excluding hydrogens is 468 g/mol. The molecule has 0 fully saturated rings. The molecular formula is C25H64N12. The lowest BCUT2D eigenvalue weighted by Crippen LogP contribution is -2.46. The molecule has 0 radical (unpaired) electrons. The standard InChI is InChI=1S/C25H64N12/c1-2-8-31-10-21-37(24-22-35(16-6-29)17-7-30)25-23-36(19-11-32-9-3-26)20-13-33-12-18-34(14-4-27)15-5-28/h31-33H,2-30H2,1H3. The molecule has 0 rings (SSSR count). The molecule has 0 aliphatic heterocycles. The first-order valence-electron chi connectivity index (χ1n) is 14.7. The number of rotatable bonds is 30. The number of hydrogen-bond acceptors (Lipinski definition) is 12. The van der Waals surface area contributed by atoms with Gasteiger partial charge in [0.25, 0.3) is 0 Å². The largest absolute Gasteiger partial charge is 0.329 e. The summed E-state index contributed by atoms with van der Waals surface area (Å²) < 4.78 is 0. The summed E-state index contributed by atoms with van der Waals surface area (Å²) >= 11 is 0. The minimum Gasteiger partial charge on any atom is -0.329 e. The second-order valence-electron chi connectivity index (χ2n) is 9.56. The highest BCUT2D eigenvalue weighted by Crippen LogP contribution is 1.96. The van der Waals surface area contributed by atoms with Gasteiger partial charge >= 0.3 is 0 Å². The van der Waals surface area contributed by atoms with Crippen LogP contribution >= 0.6 is 0 Å². The number of nitrogens with one attached hydrogen (secondary N) is 3. The predicted molar refractivity (Wildman–Crippen MR) is 160 cm³/mol. The Bertz CT molecular complexity index is 434. The van der Waals surface area contributed by atoms with Crippen molar-refractivity contribution in [1.29, 1.82) is 0 Å². The van der Waals surface area contributed by atoms with Gasteiger partial charge in [-0.1, -0.05) is 6.92 Å². The van der Waals surface area contributed by atoms with Crippen LogP contribution in [0.3, 0.4) is 0 Å². The summed E-state index contributed by atoms with van der Waals surface area (Å²) in [5.74, 6) is 0. The Morgan fingerprint density at radius 3 is 1.00 bits per heavy atom. The van der Waals surface area contributed by atoms with Gasteiger partial charge in [0.2, 0.25) is 0 Å². The number of nitrogens with two attached hydrogens (primary N) is 5. The van der Waals surface area contributed by atoms with Crippen LogP contribution in [0.2, 0.25) is 0 Å². The van der Waals surface area contributed by atoms with Gasteiger partial charge < -0.3 is 44.6 Å². The molecule has 0 aromatic carbocycles. The molecule has 13 N–H and O–H groups in total. The van der Waals surface area contributed by atoms with E-state index in [0.29, 0.717) is 32.7 Å². The van der Waals surface area contributed by atoms with Crippen molar-refractivity contribution in [3.63, 3.8) is 0 Å².